The maximum atomic E-state index is 2.74. The molecule has 0 unspecified atom stereocenters. The van der Waals surface area contributed by atoms with Gasteiger partial charge in [0.25, 0.3) is 0 Å². The minimum absolute atomic E-state index is 0.210. The standard InChI is InChI=1S/C33H49N/c1-31(2,3)29-16-15-28-24-34(21-18-27(28)22-29)33(6,7)20-19-32(4,5)30-17-14-25-12-10-8-9-11-13-26(25)23-30/h14-17,22-23H,8-13,18-21,24H2,1-7H3. The quantitative estimate of drug-likeness (QED) is 0.433. The van der Waals surface area contributed by atoms with Crippen molar-refractivity contribution in [2.24, 2.45) is 0 Å². The van der Waals surface area contributed by atoms with Crippen LogP contribution in [0.5, 0.6) is 0 Å². The van der Waals surface area contributed by atoms with Crippen molar-refractivity contribution >= 4 is 0 Å². The zero-order valence-electron chi connectivity index (χ0n) is 23.2. The van der Waals surface area contributed by atoms with Gasteiger partial charge in [0.1, 0.15) is 0 Å². The molecule has 0 bridgehead atoms. The number of aryl methyl sites for hydroxylation is 2. The predicted octanol–water partition coefficient (Wildman–Crippen LogP) is 8.54. The summed E-state index contributed by atoms with van der Waals surface area (Å²) in [6.07, 6.45) is 11.7. The molecule has 2 aromatic rings. The van der Waals surface area contributed by atoms with Crippen LogP contribution < -0.4 is 0 Å². The van der Waals surface area contributed by atoms with Crippen molar-refractivity contribution in [3.8, 4) is 0 Å². The SMILES string of the molecule is CC(C)(C)c1ccc2c(c1)CCN(C(C)(C)CCC(C)(C)c1ccc3c(c1)CCCCCC3)C2. The highest BCUT2D eigenvalue weighted by atomic mass is 15.2. The van der Waals surface area contributed by atoms with Gasteiger partial charge in [0.15, 0.2) is 0 Å². The highest BCUT2D eigenvalue weighted by Crippen LogP contribution is 2.37. The molecule has 0 saturated carbocycles. The number of rotatable bonds is 5. The lowest BCUT2D eigenvalue weighted by atomic mass is 9.75. The van der Waals surface area contributed by atoms with E-state index in [4.69, 9.17) is 0 Å². The highest BCUT2D eigenvalue weighted by Gasteiger charge is 2.33. The summed E-state index contributed by atoms with van der Waals surface area (Å²) >= 11 is 0. The molecular formula is C33H49N. The number of fused-ring (bicyclic) bond motifs is 2. The van der Waals surface area contributed by atoms with Gasteiger partial charge in [-0.05, 0) is 103 Å². The Morgan fingerprint density at radius 2 is 1.21 bits per heavy atom. The van der Waals surface area contributed by atoms with E-state index in [1.165, 1.54) is 75.5 Å². The summed E-state index contributed by atoms with van der Waals surface area (Å²) in [6, 6.07) is 14.7. The third-order valence-electron chi connectivity index (χ3n) is 8.93. The van der Waals surface area contributed by atoms with Gasteiger partial charge in [0.2, 0.25) is 0 Å². The maximum absolute atomic E-state index is 2.74. The maximum Gasteiger partial charge on any atom is 0.0241 e. The Kier molecular flexibility index (Phi) is 7.35. The Morgan fingerprint density at radius 1 is 0.618 bits per heavy atom. The van der Waals surface area contributed by atoms with E-state index < -0.39 is 0 Å². The van der Waals surface area contributed by atoms with Gasteiger partial charge < -0.3 is 0 Å². The second-order valence-electron chi connectivity index (χ2n) is 13.5. The molecular weight excluding hydrogens is 410 g/mol. The van der Waals surface area contributed by atoms with Crippen molar-refractivity contribution in [2.75, 3.05) is 6.54 Å². The fourth-order valence-corrected chi connectivity index (χ4v) is 5.96. The molecule has 0 saturated heterocycles. The second kappa shape index (κ2) is 9.81. The number of hydrogen-bond donors (Lipinski definition) is 0. The van der Waals surface area contributed by atoms with Gasteiger partial charge in [0, 0.05) is 18.6 Å². The minimum Gasteiger partial charge on any atom is -0.294 e. The molecule has 4 rings (SSSR count). The predicted molar refractivity (Wildman–Crippen MR) is 148 cm³/mol. The summed E-state index contributed by atoms with van der Waals surface area (Å²) in [7, 11) is 0. The summed E-state index contributed by atoms with van der Waals surface area (Å²) in [4.78, 5) is 2.74. The lowest BCUT2D eigenvalue weighted by Gasteiger charge is -2.43. The molecule has 0 spiro atoms. The Hall–Kier alpha value is -1.60. The zero-order valence-corrected chi connectivity index (χ0v) is 23.2. The van der Waals surface area contributed by atoms with Crippen molar-refractivity contribution in [3.05, 3.63) is 69.8 Å². The Balaban J connectivity index is 1.43. The Labute approximate surface area is 210 Å². The third-order valence-corrected chi connectivity index (χ3v) is 8.93. The average molecular weight is 460 g/mol. The van der Waals surface area contributed by atoms with Gasteiger partial charge in [-0.25, -0.2) is 0 Å². The third kappa shape index (κ3) is 5.78. The van der Waals surface area contributed by atoms with Crippen LogP contribution >= 0.6 is 0 Å². The van der Waals surface area contributed by atoms with E-state index in [9.17, 15) is 0 Å². The molecule has 2 aliphatic rings. The average Bonchev–Trinajstić information content (AvgIpc) is 2.77. The lowest BCUT2D eigenvalue weighted by Crippen LogP contribution is -2.47. The molecule has 186 valence electrons. The minimum atomic E-state index is 0.210. The van der Waals surface area contributed by atoms with E-state index in [0.29, 0.717) is 0 Å². The monoisotopic (exact) mass is 459 g/mol. The fourth-order valence-electron chi connectivity index (χ4n) is 5.96. The van der Waals surface area contributed by atoms with Gasteiger partial charge in [-0.3, -0.25) is 4.90 Å². The molecule has 0 atom stereocenters. The van der Waals surface area contributed by atoms with Gasteiger partial charge in [-0.15, -0.1) is 0 Å². The van der Waals surface area contributed by atoms with E-state index in [0.717, 1.165) is 6.54 Å². The summed E-state index contributed by atoms with van der Waals surface area (Å²) in [5, 5.41) is 0. The van der Waals surface area contributed by atoms with E-state index in [-0.39, 0.29) is 16.4 Å². The van der Waals surface area contributed by atoms with Crippen LogP contribution in [0, 0.1) is 0 Å². The second-order valence-corrected chi connectivity index (χ2v) is 13.5. The van der Waals surface area contributed by atoms with Gasteiger partial charge >= 0.3 is 0 Å². The molecule has 34 heavy (non-hydrogen) atoms. The summed E-state index contributed by atoms with van der Waals surface area (Å²) < 4.78 is 0. The van der Waals surface area contributed by atoms with Crippen LogP contribution in [0.1, 0.15) is 120 Å². The molecule has 0 aromatic heterocycles. The molecule has 1 nitrogen and oxygen atoms in total. The number of benzene rings is 2. The molecule has 1 aliphatic carbocycles. The Bertz CT molecular complexity index is 988. The van der Waals surface area contributed by atoms with Crippen molar-refractivity contribution in [1.82, 2.24) is 4.90 Å². The van der Waals surface area contributed by atoms with E-state index >= 15 is 0 Å². The molecule has 1 heterocycles. The van der Waals surface area contributed by atoms with E-state index in [1.807, 2.05) is 0 Å². The van der Waals surface area contributed by atoms with Crippen LogP contribution in [-0.2, 0) is 36.6 Å². The zero-order chi connectivity index (χ0) is 24.6. The fraction of sp³-hybridized carbons (Fsp3) is 0.636. The first-order valence-corrected chi connectivity index (χ1v) is 14.0. The first-order valence-electron chi connectivity index (χ1n) is 14.0. The first-order chi connectivity index (χ1) is 16.0. The van der Waals surface area contributed by atoms with Crippen LogP contribution in [0.15, 0.2) is 36.4 Å². The van der Waals surface area contributed by atoms with Crippen molar-refractivity contribution in [1.29, 1.82) is 0 Å². The van der Waals surface area contributed by atoms with Crippen LogP contribution in [0.25, 0.3) is 0 Å². The first kappa shape index (κ1) is 25.5. The molecule has 0 N–H and O–H groups in total. The smallest absolute Gasteiger partial charge is 0.0241 e. The van der Waals surface area contributed by atoms with Crippen LogP contribution in [0.3, 0.4) is 0 Å². The van der Waals surface area contributed by atoms with Crippen LogP contribution in [0.2, 0.25) is 0 Å². The molecule has 1 heteroatoms. The van der Waals surface area contributed by atoms with Crippen molar-refractivity contribution in [3.63, 3.8) is 0 Å². The number of hydrogen-bond acceptors (Lipinski definition) is 1. The summed E-state index contributed by atoms with van der Waals surface area (Å²) in [6.45, 7) is 19.1. The lowest BCUT2D eigenvalue weighted by molar-refractivity contribution is 0.0882. The molecule has 1 aliphatic heterocycles. The van der Waals surface area contributed by atoms with Crippen LogP contribution in [-0.4, -0.2) is 17.0 Å². The summed E-state index contributed by atoms with van der Waals surface area (Å²) in [5.41, 5.74) is 10.0. The summed E-state index contributed by atoms with van der Waals surface area (Å²) in [5.74, 6) is 0. The normalized spacial score (nSPS) is 18.1. The molecule has 0 fully saturated rings. The van der Waals surface area contributed by atoms with Gasteiger partial charge in [-0.1, -0.05) is 83.9 Å². The topological polar surface area (TPSA) is 3.24 Å². The van der Waals surface area contributed by atoms with E-state index in [2.05, 4.69) is 89.8 Å². The molecule has 0 amide bonds. The van der Waals surface area contributed by atoms with E-state index in [1.54, 1.807) is 22.3 Å². The van der Waals surface area contributed by atoms with Gasteiger partial charge in [-0.2, -0.15) is 0 Å². The van der Waals surface area contributed by atoms with Crippen LogP contribution in [0.4, 0.5) is 0 Å². The van der Waals surface area contributed by atoms with Gasteiger partial charge in [0.05, 0.1) is 0 Å². The molecule has 2 aromatic carbocycles. The van der Waals surface area contributed by atoms with Crippen molar-refractivity contribution in [2.45, 2.75) is 129 Å². The van der Waals surface area contributed by atoms with Crippen molar-refractivity contribution < 1.29 is 0 Å². The molecule has 0 radical (unpaired) electrons. The highest BCUT2D eigenvalue weighted by molar-refractivity contribution is 5.38. The Morgan fingerprint density at radius 3 is 1.91 bits per heavy atom. The number of nitrogens with zero attached hydrogens (tertiary/aromatic N) is 1. The largest absolute Gasteiger partial charge is 0.294 e.